The van der Waals surface area contributed by atoms with Gasteiger partial charge in [-0.3, -0.25) is 14.4 Å². The number of carbonyl (C=O) groups is 3. The summed E-state index contributed by atoms with van der Waals surface area (Å²) in [4.78, 5) is 38.5. The molecule has 2 aliphatic heterocycles. The van der Waals surface area contributed by atoms with Crippen LogP contribution in [-0.4, -0.2) is 42.6 Å². The Morgan fingerprint density at radius 1 is 1.17 bits per heavy atom. The van der Waals surface area contributed by atoms with Crippen molar-refractivity contribution in [1.82, 2.24) is 0 Å². The molecule has 1 fully saturated rings. The third kappa shape index (κ3) is 4.00. The molecule has 1 atom stereocenters. The maximum Gasteiger partial charge on any atom is 0.247 e. The molecule has 8 nitrogen and oxygen atoms in total. The molecule has 1 N–H and O–H groups in total. The molecule has 0 bridgehead atoms. The normalized spacial score (nSPS) is 17.6. The highest BCUT2D eigenvalue weighted by molar-refractivity contribution is 8.01. The number of nitrogens with zero attached hydrogens (tertiary/aromatic N) is 1. The summed E-state index contributed by atoms with van der Waals surface area (Å²) in [6.07, 6.45) is 0.0494. The highest BCUT2D eigenvalue weighted by atomic mass is 32.2. The Bertz CT molecular complexity index is 962. The molecule has 1 saturated heterocycles. The van der Waals surface area contributed by atoms with Crippen LogP contribution in [0.3, 0.4) is 0 Å². The summed E-state index contributed by atoms with van der Waals surface area (Å²) in [6, 6.07) is 11.9. The van der Waals surface area contributed by atoms with Gasteiger partial charge in [-0.2, -0.15) is 0 Å². The van der Waals surface area contributed by atoms with Crippen LogP contribution in [0.15, 0.2) is 42.5 Å². The third-order valence-electron chi connectivity index (χ3n) is 4.51. The van der Waals surface area contributed by atoms with Gasteiger partial charge in [-0.1, -0.05) is 0 Å². The summed E-state index contributed by atoms with van der Waals surface area (Å²) in [7, 11) is 1.57. The number of carbonyl (C=O) groups excluding carboxylic acids is 3. The Hall–Kier alpha value is -3.20. The van der Waals surface area contributed by atoms with Gasteiger partial charge in [0.05, 0.1) is 23.8 Å². The number of hydrogen-bond donors (Lipinski definition) is 1. The summed E-state index contributed by atoms with van der Waals surface area (Å²) in [5, 5.41) is 2.16. The Labute approximate surface area is 171 Å². The summed E-state index contributed by atoms with van der Waals surface area (Å²) < 4.78 is 15.6. The molecule has 0 radical (unpaired) electrons. The van der Waals surface area contributed by atoms with Crippen LogP contribution in [0.5, 0.6) is 17.2 Å². The molecule has 0 spiro atoms. The maximum atomic E-state index is 12.7. The van der Waals surface area contributed by atoms with E-state index in [2.05, 4.69) is 5.32 Å². The number of rotatable bonds is 6. The minimum Gasteiger partial charge on any atom is -0.497 e. The second-order valence-electron chi connectivity index (χ2n) is 6.39. The molecule has 2 aromatic rings. The number of hydrogen-bond acceptors (Lipinski definition) is 7. The monoisotopic (exact) mass is 414 g/mol. The quantitative estimate of drug-likeness (QED) is 0.726. The minimum atomic E-state index is -0.602. The van der Waals surface area contributed by atoms with Crippen molar-refractivity contribution in [2.24, 2.45) is 0 Å². The van der Waals surface area contributed by atoms with Crippen molar-refractivity contribution >= 4 is 40.9 Å². The van der Waals surface area contributed by atoms with Crippen LogP contribution < -0.4 is 24.4 Å². The van der Waals surface area contributed by atoms with Gasteiger partial charge in [-0.05, 0) is 36.4 Å². The first-order valence-electron chi connectivity index (χ1n) is 8.87. The lowest BCUT2D eigenvalue weighted by Gasteiger charge is -2.15. The lowest BCUT2D eigenvalue weighted by Crippen LogP contribution is -2.31. The van der Waals surface area contributed by atoms with Gasteiger partial charge in [0.25, 0.3) is 0 Å². The minimum absolute atomic E-state index is 0.0494. The fraction of sp³-hybridized carbons (Fsp3) is 0.250. The fourth-order valence-electron chi connectivity index (χ4n) is 3.08. The molecular weight excluding hydrogens is 396 g/mol. The first-order chi connectivity index (χ1) is 14.0. The van der Waals surface area contributed by atoms with Crippen LogP contribution in [0.4, 0.5) is 11.4 Å². The summed E-state index contributed by atoms with van der Waals surface area (Å²) in [5.41, 5.74) is 1.07. The van der Waals surface area contributed by atoms with E-state index >= 15 is 0 Å². The first kappa shape index (κ1) is 19.1. The maximum absolute atomic E-state index is 12.7. The summed E-state index contributed by atoms with van der Waals surface area (Å²) in [5.74, 6) is 0.938. The zero-order valence-electron chi connectivity index (χ0n) is 15.5. The largest absolute Gasteiger partial charge is 0.497 e. The highest BCUT2D eigenvalue weighted by Crippen LogP contribution is 2.38. The molecule has 2 heterocycles. The number of amides is 3. The molecule has 29 heavy (non-hydrogen) atoms. The molecule has 0 saturated carbocycles. The van der Waals surface area contributed by atoms with E-state index in [4.69, 9.17) is 14.2 Å². The van der Waals surface area contributed by atoms with E-state index < -0.39 is 5.25 Å². The predicted octanol–water partition coefficient (Wildman–Crippen LogP) is 2.43. The standard InChI is InChI=1S/C20H18N2O6S/c1-26-14-5-2-12(3-6-14)21-18(23)10-29-17-9-19(24)22(20(17)25)13-4-7-15-16(8-13)28-11-27-15/h2-8,17H,9-11H2,1H3,(H,21,23)/t17-/m0/s1. The zero-order valence-corrected chi connectivity index (χ0v) is 16.4. The van der Waals surface area contributed by atoms with Crippen molar-refractivity contribution in [3.8, 4) is 17.2 Å². The molecule has 150 valence electrons. The van der Waals surface area contributed by atoms with Crippen LogP contribution in [0.1, 0.15) is 6.42 Å². The molecule has 3 amide bonds. The number of fused-ring (bicyclic) bond motifs is 1. The van der Waals surface area contributed by atoms with E-state index in [9.17, 15) is 14.4 Å². The number of anilines is 2. The van der Waals surface area contributed by atoms with Gasteiger partial charge in [0, 0.05) is 18.2 Å². The highest BCUT2D eigenvalue weighted by Gasteiger charge is 2.40. The van der Waals surface area contributed by atoms with Crippen molar-refractivity contribution < 1.29 is 28.6 Å². The van der Waals surface area contributed by atoms with Crippen molar-refractivity contribution in [3.05, 3.63) is 42.5 Å². The number of ether oxygens (including phenoxy) is 3. The summed E-state index contributed by atoms with van der Waals surface area (Å²) >= 11 is 1.15. The summed E-state index contributed by atoms with van der Waals surface area (Å²) in [6.45, 7) is 0.114. The molecule has 0 aliphatic carbocycles. The van der Waals surface area contributed by atoms with E-state index in [0.717, 1.165) is 16.7 Å². The second kappa shape index (κ2) is 8.04. The number of methoxy groups -OCH3 is 1. The number of nitrogens with one attached hydrogen (secondary N) is 1. The number of thioether (sulfide) groups is 1. The zero-order chi connectivity index (χ0) is 20.4. The van der Waals surface area contributed by atoms with Gasteiger partial charge in [-0.25, -0.2) is 4.90 Å². The van der Waals surface area contributed by atoms with Crippen LogP contribution >= 0.6 is 11.8 Å². The van der Waals surface area contributed by atoms with Crippen LogP contribution in [0.2, 0.25) is 0 Å². The van der Waals surface area contributed by atoms with Gasteiger partial charge < -0.3 is 19.5 Å². The molecule has 4 rings (SSSR count). The van der Waals surface area contributed by atoms with Crippen LogP contribution in [-0.2, 0) is 14.4 Å². The molecule has 2 aliphatic rings. The van der Waals surface area contributed by atoms with Crippen LogP contribution in [0, 0.1) is 0 Å². The predicted molar refractivity (Wildman–Crippen MR) is 108 cm³/mol. The van der Waals surface area contributed by atoms with Crippen LogP contribution in [0.25, 0.3) is 0 Å². The SMILES string of the molecule is COc1ccc(NC(=O)CS[C@H]2CC(=O)N(c3ccc4c(c3)OCO4)C2=O)cc1. The van der Waals surface area contributed by atoms with Crippen molar-refractivity contribution in [2.75, 3.05) is 29.9 Å². The third-order valence-corrected chi connectivity index (χ3v) is 5.71. The first-order valence-corrected chi connectivity index (χ1v) is 9.92. The van der Waals surface area contributed by atoms with E-state index in [1.54, 1.807) is 49.6 Å². The molecule has 0 aromatic heterocycles. The van der Waals surface area contributed by atoms with Crippen molar-refractivity contribution in [2.45, 2.75) is 11.7 Å². The molecule has 0 unspecified atom stereocenters. The van der Waals surface area contributed by atoms with E-state index in [1.807, 2.05) is 0 Å². The Balaban J connectivity index is 1.35. The van der Waals surface area contributed by atoms with Gasteiger partial charge in [0.1, 0.15) is 5.75 Å². The molecule has 9 heteroatoms. The van der Waals surface area contributed by atoms with Crippen molar-refractivity contribution in [1.29, 1.82) is 0 Å². The fourth-order valence-corrected chi connectivity index (χ4v) is 4.01. The second-order valence-corrected chi connectivity index (χ2v) is 7.58. The van der Waals surface area contributed by atoms with Gasteiger partial charge >= 0.3 is 0 Å². The van der Waals surface area contributed by atoms with E-state index in [-0.39, 0.29) is 36.7 Å². The van der Waals surface area contributed by atoms with Gasteiger partial charge in [0.2, 0.25) is 24.5 Å². The van der Waals surface area contributed by atoms with Gasteiger partial charge in [-0.15, -0.1) is 11.8 Å². The molecule has 2 aromatic carbocycles. The Morgan fingerprint density at radius 2 is 1.93 bits per heavy atom. The lowest BCUT2D eigenvalue weighted by molar-refractivity contribution is -0.121. The Morgan fingerprint density at radius 3 is 2.69 bits per heavy atom. The van der Waals surface area contributed by atoms with Crippen molar-refractivity contribution in [3.63, 3.8) is 0 Å². The average Bonchev–Trinajstić information content (AvgIpc) is 3.30. The Kier molecular flexibility index (Phi) is 5.30. The average molecular weight is 414 g/mol. The smallest absolute Gasteiger partial charge is 0.247 e. The number of imide groups is 1. The van der Waals surface area contributed by atoms with Gasteiger partial charge in [0.15, 0.2) is 11.5 Å². The number of benzene rings is 2. The topological polar surface area (TPSA) is 94.2 Å². The molecular formula is C20H18N2O6S. The van der Waals surface area contributed by atoms with E-state index in [1.165, 1.54) is 0 Å². The lowest BCUT2D eigenvalue weighted by atomic mass is 10.2. The van der Waals surface area contributed by atoms with E-state index in [0.29, 0.717) is 28.6 Å².